The lowest BCUT2D eigenvalue weighted by molar-refractivity contribution is -0.126. The zero-order valence-electron chi connectivity index (χ0n) is 19.8. The Labute approximate surface area is 198 Å². The SMILES string of the molecule is CC[C@@H](NC(=O)C1CCN(S(=O)(=O)Cc2ccc(C)cc2)CC1)c1ccc2c(c1)CCCC2. The summed E-state index contributed by atoms with van der Waals surface area (Å²) in [5, 5.41) is 3.25. The first-order valence-electron chi connectivity index (χ1n) is 12.3. The van der Waals surface area contributed by atoms with E-state index >= 15 is 0 Å². The van der Waals surface area contributed by atoms with Crippen molar-refractivity contribution in [2.24, 2.45) is 5.92 Å². The smallest absolute Gasteiger partial charge is 0.223 e. The number of carbonyl (C=O) groups is 1. The van der Waals surface area contributed by atoms with Crippen molar-refractivity contribution >= 4 is 15.9 Å². The number of carbonyl (C=O) groups excluding carboxylic acids is 1. The molecular weight excluding hydrogens is 432 g/mol. The van der Waals surface area contributed by atoms with Gasteiger partial charge in [0.2, 0.25) is 15.9 Å². The highest BCUT2D eigenvalue weighted by Gasteiger charge is 2.32. The lowest BCUT2D eigenvalue weighted by Crippen LogP contribution is -2.44. The van der Waals surface area contributed by atoms with Crippen LogP contribution in [0, 0.1) is 12.8 Å². The first-order chi connectivity index (χ1) is 15.9. The summed E-state index contributed by atoms with van der Waals surface area (Å²) >= 11 is 0. The fraction of sp³-hybridized carbons (Fsp3) is 0.519. The predicted octanol–water partition coefficient (Wildman–Crippen LogP) is 4.68. The lowest BCUT2D eigenvalue weighted by Gasteiger charge is -2.31. The van der Waals surface area contributed by atoms with Gasteiger partial charge in [0.05, 0.1) is 11.8 Å². The summed E-state index contributed by atoms with van der Waals surface area (Å²) in [6.45, 7) is 4.90. The second kappa shape index (κ2) is 10.4. The number of hydrogen-bond donors (Lipinski definition) is 1. The Morgan fingerprint density at radius 1 is 1.03 bits per heavy atom. The molecule has 0 spiro atoms. The fourth-order valence-corrected chi connectivity index (χ4v) is 6.63. The third-order valence-corrected chi connectivity index (χ3v) is 9.04. The number of aryl methyl sites for hydroxylation is 3. The highest BCUT2D eigenvalue weighted by molar-refractivity contribution is 7.88. The molecule has 1 N–H and O–H groups in total. The second-order valence-electron chi connectivity index (χ2n) is 9.62. The van der Waals surface area contributed by atoms with E-state index in [0.717, 1.165) is 30.4 Å². The zero-order valence-corrected chi connectivity index (χ0v) is 20.7. The monoisotopic (exact) mass is 468 g/mol. The first-order valence-corrected chi connectivity index (χ1v) is 13.9. The molecule has 33 heavy (non-hydrogen) atoms. The number of nitrogens with zero attached hydrogens (tertiary/aromatic N) is 1. The van der Waals surface area contributed by atoms with Crippen LogP contribution in [-0.4, -0.2) is 31.7 Å². The molecule has 2 aromatic rings. The topological polar surface area (TPSA) is 66.5 Å². The molecule has 0 saturated carbocycles. The molecule has 5 nitrogen and oxygen atoms in total. The third-order valence-electron chi connectivity index (χ3n) is 7.19. The van der Waals surface area contributed by atoms with Crippen molar-refractivity contribution in [1.82, 2.24) is 9.62 Å². The van der Waals surface area contributed by atoms with E-state index in [0.29, 0.717) is 25.9 Å². The van der Waals surface area contributed by atoms with Gasteiger partial charge in [0.1, 0.15) is 0 Å². The van der Waals surface area contributed by atoms with Crippen LogP contribution in [0.1, 0.15) is 72.9 Å². The van der Waals surface area contributed by atoms with Crippen LogP contribution >= 0.6 is 0 Å². The summed E-state index contributed by atoms with van der Waals surface area (Å²) in [5.74, 6) is -0.0712. The van der Waals surface area contributed by atoms with Gasteiger partial charge in [-0.3, -0.25) is 4.79 Å². The van der Waals surface area contributed by atoms with Crippen molar-refractivity contribution < 1.29 is 13.2 Å². The van der Waals surface area contributed by atoms with E-state index in [9.17, 15) is 13.2 Å². The molecular formula is C27H36N2O3S. The quantitative estimate of drug-likeness (QED) is 0.641. The molecule has 4 rings (SSSR count). The van der Waals surface area contributed by atoms with E-state index in [1.165, 1.54) is 29.5 Å². The Morgan fingerprint density at radius 3 is 2.36 bits per heavy atom. The van der Waals surface area contributed by atoms with Gasteiger partial charge >= 0.3 is 0 Å². The van der Waals surface area contributed by atoms with Gasteiger partial charge in [0.25, 0.3) is 0 Å². The summed E-state index contributed by atoms with van der Waals surface area (Å²) in [6.07, 6.45) is 6.77. The van der Waals surface area contributed by atoms with Crippen LogP contribution in [0.2, 0.25) is 0 Å². The molecule has 0 unspecified atom stereocenters. The van der Waals surface area contributed by atoms with Gasteiger partial charge in [-0.1, -0.05) is 55.0 Å². The number of nitrogens with one attached hydrogen (secondary N) is 1. The Hall–Kier alpha value is -2.18. The van der Waals surface area contributed by atoms with Crippen molar-refractivity contribution in [2.45, 2.75) is 70.6 Å². The molecule has 1 heterocycles. The summed E-state index contributed by atoms with van der Waals surface area (Å²) in [5.41, 5.74) is 5.98. The Bertz CT molecular complexity index is 1070. The minimum Gasteiger partial charge on any atom is -0.349 e. The third kappa shape index (κ3) is 5.85. The maximum absolute atomic E-state index is 13.0. The van der Waals surface area contributed by atoms with Crippen LogP contribution < -0.4 is 5.32 Å². The highest BCUT2D eigenvalue weighted by Crippen LogP contribution is 2.27. The Morgan fingerprint density at radius 2 is 1.70 bits per heavy atom. The maximum Gasteiger partial charge on any atom is 0.223 e. The Balaban J connectivity index is 1.33. The van der Waals surface area contributed by atoms with Crippen molar-refractivity contribution in [2.75, 3.05) is 13.1 Å². The average molecular weight is 469 g/mol. The molecule has 1 aliphatic carbocycles. The fourth-order valence-electron chi connectivity index (χ4n) is 5.06. The van der Waals surface area contributed by atoms with Crippen LogP contribution in [0.5, 0.6) is 0 Å². The van der Waals surface area contributed by atoms with E-state index in [1.807, 2.05) is 31.2 Å². The van der Waals surface area contributed by atoms with Gasteiger partial charge in [-0.15, -0.1) is 0 Å². The summed E-state index contributed by atoms with van der Waals surface area (Å²) in [7, 11) is -3.38. The summed E-state index contributed by atoms with van der Waals surface area (Å²) in [6, 6.07) is 14.3. The van der Waals surface area contributed by atoms with Gasteiger partial charge in [-0.05, 0) is 74.1 Å². The molecule has 2 aromatic carbocycles. The van der Waals surface area contributed by atoms with Crippen LogP contribution in [0.25, 0.3) is 0 Å². The van der Waals surface area contributed by atoms with E-state index in [4.69, 9.17) is 0 Å². The van der Waals surface area contributed by atoms with Gasteiger partial charge < -0.3 is 5.32 Å². The van der Waals surface area contributed by atoms with Crippen molar-refractivity contribution in [3.05, 3.63) is 70.3 Å². The predicted molar refractivity (Wildman–Crippen MR) is 132 cm³/mol. The minimum atomic E-state index is -3.38. The van der Waals surface area contributed by atoms with Crippen LogP contribution in [0.3, 0.4) is 0 Å². The van der Waals surface area contributed by atoms with Gasteiger partial charge in [0, 0.05) is 19.0 Å². The molecule has 1 saturated heterocycles. The van der Waals surface area contributed by atoms with Crippen LogP contribution in [-0.2, 0) is 33.4 Å². The van der Waals surface area contributed by atoms with Crippen molar-refractivity contribution in [3.8, 4) is 0 Å². The molecule has 0 bridgehead atoms. The molecule has 1 amide bonds. The van der Waals surface area contributed by atoms with Crippen LogP contribution in [0.4, 0.5) is 0 Å². The molecule has 1 atom stereocenters. The number of piperidine rings is 1. The van der Waals surface area contributed by atoms with Gasteiger partial charge in [0.15, 0.2) is 0 Å². The van der Waals surface area contributed by atoms with Gasteiger partial charge in [-0.25, -0.2) is 12.7 Å². The van der Waals surface area contributed by atoms with E-state index in [-0.39, 0.29) is 23.6 Å². The van der Waals surface area contributed by atoms with E-state index in [2.05, 4.69) is 30.4 Å². The minimum absolute atomic E-state index is 0.00743. The average Bonchev–Trinajstić information content (AvgIpc) is 2.83. The summed E-state index contributed by atoms with van der Waals surface area (Å²) in [4.78, 5) is 13.0. The normalized spacial score (nSPS) is 18.5. The number of benzene rings is 2. The second-order valence-corrected chi connectivity index (χ2v) is 11.6. The van der Waals surface area contributed by atoms with Crippen molar-refractivity contribution in [3.63, 3.8) is 0 Å². The van der Waals surface area contributed by atoms with Crippen LogP contribution in [0.15, 0.2) is 42.5 Å². The number of hydrogen-bond acceptors (Lipinski definition) is 3. The van der Waals surface area contributed by atoms with E-state index in [1.54, 1.807) is 4.31 Å². The zero-order chi connectivity index (χ0) is 23.4. The summed E-state index contributed by atoms with van der Waals surface area (Å²) < 4.78 is 27.3. The highest BCUT2D eigenvalue weighted by atomic mass is 32.2. The molecule has 178 valence electrons. The molecule has 2 aliphatic rings. The number of rotatable bonds is 7. The Kier molecular flexibility index (Phi) is 7.55. The standard InChI is InChI=1S/C27H36N2O3S/c1-3-26(25-13-12-22-6-4-5-7-24(22)18-25)28-27(30)23-14-16-29(17-15-23)33(31,32)19-21-10-8-20(2)9-11-21/h8-13,18,23,26H,3-7,14-17,19H2,1-2H3,(H,28,30)/t26-/m1/s1. The molecule has 1 aliphatic heterocycles. The number of amides is 1. The molecule has 6 heteroatoms. The number of fused-ring (bicyclic) bond motifs is 1. The maximum atomic E-state index is 13.0. The van der Waals surface area contributed by atoms with E-state index < -0.39 is 10.0 Å². The molecule has 1 fully saturated rings. The first kappa shape index (κ1) is 24.0. The molecule has 0 aromatic heterocycles. The number of sulfonamides is 1. The largest absolute Gasteiger partial charge is 0.349 e. The van der Waals surface area contributed by atoms with Gasteiger partial charge in [-0.2, -0.15) is 0 Å². The molecule has 0 radical (unpaired) electrons. The van der Waals surface area contributed by atoms with Crippen molar-refractivity contribution in [1.29, 1.82) is 0 Å². The lowest BCUT2D eigenvalue weighted by atomic mass is 9.88.